The number of nitrogens with zero attached hydrogens (tertiary/aromatic N) is 4. The molecule has 0 aliphatic carbocycles. The van der Waals surface area contributed by atoms with Crippen LogP contribution in [0.1, 0.15) is 26.2 Å². The Balaban J connectivity index is 2.43. The summed E-state index contributed by atoms with van der Waals surface area (Å²) in [5.74, 6) is -1.22. The SMILES string of the molecule is CCCC(CC(=O)O)NC(=O)Cn1cnnn1. The van der Waals surface area contributed by atoms with Crippen LogP contribution in [0, 0.1) is 0 Å². The highest BCUT2D eigenvalue weighted by molar-refractivity contribution is 5.77. The molecule has 8 heteroatoms. The maximum atomic E-state index is 11.6. The molecule has 2 N–H and O–H groups in total. The van der Waals surface area contributed by atoms with Crippen LogP contribution in [-0.4, -0.2) is 43.2 Å². The zero-order valence-corrected chi connectivity index (χ0v) is 9.54. The van der Waals surface area contributed by atoms with Gasteiger partial charge < -0.3 is 10.4 Å². The second-order valence-electron chi connectivity index (χ2n) is 3.66. The fourth-order valence-electron chi connectivity index (χ4n) is 1.46. The quantitative estimate of drug-likeness (QED) is 0.661. The number of tetrazole rings is 1. The van der Waals surface area contributed by atoms with Gasteiger partial charge in [-0.05, 0) is 16.8 Å². The molecule has 0 aliphatic rings. The molecule has 0 saturated heterocycles. The van der Waals surface area contributed by atoms with Gasteiger partial charge in [-0.2, -0.15) is 0 Å². The van der Waals surface area contributed by atoms with Crippen LogP contribution >= 0.6 is 0 Å². The van der Waals surface area contributed by atoms with E-state index in [-0.39, 0.29) is 24.9 Å². The number of carboxylic acids is 1. The minimum atomic E-state index is -0.925. The molecule has 0 aliphatic heterocycles. The summed E-state index contributed by atoms with van der Waals surface area (Å²) in [5.41, 5.74) is 0. The molecular formula is C9H15N5O3. The first kappa shape index (κ1) is 13.1. The van der Waals surface area contributed by atoms with Crippen molar-refractivity contribution in [1.29, 1.82) is 0 Å². The minimum absolute atomic E-state index is 0.00711. The molecule has 8 nitrogen and oxygen atoms in total. The van der Waals surface area contributed by atoms with Gasteiger partial charge >= 0.3 is 5.97 Å². The van der Waals surface area contributed by atoms with Crippen LogP contribution in [-0.2, 0) is 16.1 Å². The molecule has 94 valence electrons. The van der Waals surface area contributed by atoms with E-state index in [1.165, 1.54) is 11.0 Å². The molecule has 0 aromatic carbocycles. The van der Waals surface area contributed by atoms with Gasteiger partial charge in [-0.25, -0.2) is 4.68 Å². The highest BCUT2D eigenvalue weighted by Gasteiger charge is 2.15. The average molecular weight is 241 g/mol. The zero-order valence-electron chi connectivity index (χ0n) is 9.54. The number of aromatic nitrogens is 4. The molecule has 1 aromatic heterocycles. The molecule has 1 heterocycles. The summed E-state index contributed by atoms with van der Waals surface area (Å²) < 4.78 is 1.28. The third kappa shape index (κ3) is 5.05. The van der Waals surface area contributed by atoms with Gasteiger partial charge in [0, 0.05) is 6.04 Å². The summed E-state index contributed by atoms with van der Waals surface area (Å²) in [5, 5.41) is 21.7. The lowest BCUT2D eigenvalue weighted by molar-refractivity contribution is -0.137. The second kappa shape index (κ2) is 6.56. The maximum absolute atomic E-state index is 11.6. The third-order valence-corrected chi connectivity index (χ3v) is 2.12. The van der Waals surface area contributed by atoms with Gasteiger partial charge in [-0.15, -0.1) is 5.10 Å². The van der Waals surface area contributed by atoms with Crippen LogP contribution in [0.4, 0.5) is 0 Å². The van der Waals surface area contributed by atoms with Crippen LogP contribution in [0.5, 0.6) is 0 Å². The summed E-state index contributed by atoms with van der Waals surface area (Å²) in [6.07, 6.45) is 2.69. The van der Waals surface area contributed by atoms with E-state index < -0.39 is 5.97 Å². The van der Waals surface area contributed by atoms with Gasteiger partial charge in [0.15, 0.2) is 0 Å². The Morgan fingerprint density at radius 3 is 2.82 bits per heavy atom. The Morgan fingerprint density at radius 2 is 2.29 bits per heavy atom. The maximum Gasteiger partial charge on any atom is 0.305 e. The van der Waals surface area contributed by atoms with Gasteiger partial charge in [0.1, 0.15) is 12.9 Å². The summed E-state index contributed by atoms with van der Waals surface area (Å²) in [4.78, 5) is 22.2. The van der Waals surface area contributed by atoms with Crippen molar-refractivity contribution in [2.45, 2.75) is 38.8 Å². The molecule has 0 radical (unpaired) electrons. The zero-order chi connectivity index (χ0) is 12.7. The molecule has 0 fully saturated rings. The predicted octanol–water partition coefficient (Wildman–Crippen LogP) is -0.567. The Kier molecular flexibility index (Phi) is 5.05. The first-order chi connectivity index (χ1) is 8.11. The number of aliphatic carboxylic acids is 1. The topological polar surface area (TPSA) is 110 Å². The first-order valence-electron chi connectivity index (χ1n) is 5.33. The standard InChI is InChI=1S/C9H15N5O3/c1-2-3-7(4-9(16)17)11-8(15)5-14-6-10-12-13-14/h6-7H,2-5H2,1H3,(H,11,15)(H,16,17). The van der Waals surface area contributed by atoms with E-state index >= 15 is 0 Å². The highest BCUT2D eigenvalue weighted by Crippen LogP contribution is 2.01. The van der Waals surface area contributed by atoms with E-state index in [1.807, 2.05) is 6.92 Å². The smallest absolute Gasteiger partial charge is 0.305 e. The summed E-state index contributed by atoms with van der Waals surface area (Å²) in [6.45, 7) is 1.93. The second-order valence-corrected chi connectivity index (χ2v) is 3.66. The molecule has 1 aromatic rings. The van der Waals surface area contributed by atoms with Crippen molar-refractivity contribution in [2.24, 2.45) is 0 Å². The molecule has 1 rings (SSSR count). The van der Waals surface area contributed by atoms with Gasteiger partial charge in [0.05, 0.1) is 6.42 Å². The van der Waals surface area contributed by atoms with Crippen molar-refractivity contribution in [3.8, 4) is 0 Å². The van der Waals surface area contributed by atoms with Crippen LogP contribution in [0.2, 0.25) is 0 Å². The molecule has 0 bridgehead atoms. The van der Waals surface area contributed by atoms with Gasteiger partial charge in [-0.1, -0.05) is 13.3 Å². The Labute approximate surface area is 98.0 Å². The van der Waals surface area contributed by atoms with Crippen LogP contribution in [0.15, 0.2) is 6.33 Å². The minimum Gasteiger partial charge on any atom is -0.481 e. The number of hydrogen-bond donors (Lipinski definition) is 2. The lowest BCUT2D eigenvalue weighted by Crippen LogP contribution is -2.38. The van der Waals surface area contributed by atoms with E-state index in [4.69, 9.17) is 5.11 Å². The number of carboxylic acid groups (broad SMARTS) is 1. The normalized spacial score (nSPS) is 12.1. The largest absolute Gasteiger partial charge is 0.481 e. The molecule has 1 atom stereocenters. The number of hydrogen-bond acceptors (Lipinski definition) is 5. The fourth-order valence-corrected chi connectivity index (χ4v) is 1.46. The van der Waals surface area contributed by atoms with E-state index in [0.29, 0.717) is 6.42 Å². The van der Waals surface area contributed by atoms with Gasteiger partial charge in [-0.3, -0.25) is 9.59 Å². The van der Waals surface area contributed by atoms with Crippen molar-refractivity contribution >= 4 is 11.9 Å². The van der Waals surface area contributed by atoms with Crippen molar-refractivity contribution in [3.63, 3.8) is 0 Å². The summed E-state index contributed by atoms with van der Waals surface area (Å²) >= 11 is 0. The van der Waals surface area contributed by atoms with E-state index in [0.717, 1.165) is 6.42 Å². The van der Waals surface area contributed by atoms with Crippen molar-refractivity contribution < 1.29 is 14.7 Å². The lowest BCUT2D eigenvalue weighted by Gasteiger charge is -2.15. The number of amides is 1. The van der Waals surface area contributed by atoms with Crippen molar-refractivity contribution in [1.82, 2.24) is 25.5 Å². The van der Waals surface area contributed by atoms with Crippen LogP contribution in [0.25, 0.3) is 0 Å². The average Bonchev–Trinajstić information content (AvgIpc) is 2.69. The molecule has 1 unspecified atom stereocenters. The Hall–Kier alpha value is -1.99. The predicted molar refractivity (Wildman–Crippen MR) is 56.9 cm³/mol. The monoisotopic (exact) mass is 241 g/mol. The lowest BCUT2D eigenvalue weighted by atomic mass is 10.1. The summed E-state index contributed by atoms with van der Waals surface area (Å²) in [6, 6.07) is -0.346. The third-order valence-electron chi connectivity index (χ3n) is 2.12. The molecule has 0 saturated carbocycles. The van der Waals surface area contributed by atoms with E-state index in [9.17, 15) is 9.59 Å². The van der Waals surface area contributed by atoms with Crippen LogP contribution in [0.3, 0.4) is 0 Å². The molecule has 17 heavy (non-hydrogen) atoms. The Morgan fingerprint density at radius 1 is 1.53 bits per heavy atom. The summed E-state index contributed by atoms with van der Waals surface area (Å²) in [7, 11) is 0. The first-order valence-corrected chi connectivity index (χ1v) is 5.33. The highest BCUT2D eigenvalue weighted by atomic mass is 16.4. The van der Waals surface area contributed by atoms with Gasteiger partial charge in [0.2, 0.25) is 5.91 Å². The number of nitrogens with one attached hydrogen (secondary N) is 1. The van der Waals surface area contributed by atoms with E-state index in [1.54, 1.807) is 0 Å². The molecule has 1 amide bonds. The molecular weight excluding hydrogens is 226 g/mol. The van der Waals surface area contributed by atoms with Crippen LogP contribution < -0.4 is 5.32 Å². The fraction of sp³-hybridized carbons (Fsp3) is 0.667. The Bertz CT molecular complexity index is 365. The van der Waals surface area contributed by atoms with E-state index in [2.05, 4.69) is 20.8 Å². The number of carbonyl (C=O) groups excluding carboxylic acids is 1. The number of rotatable bonds is 7. The van der Waals surface area contributed by atoms with Crippen molar-refractivity contribution in [3.05, 3.63) is 6.33 Å². The van der Waals surface area contributed by atoms with Crippen molar-refractivity contribution in [2.75, 3.05) is 0 Å². The van der Waals surface area contributed by atoms with Gasteiger partial charge in [0.25, 0.3) is 0 Å². The number of carbonyl (C=O) groups is 2. The molecule has 0 spiro atoms.